The molecule has 1 aliphatic rings. The van der Waals surface area contributed by atoms with Crippen LogP contribution in [0.2, 0.25) is 0 Å². The highest BCUT2D eigenvalue weighted by Gasteiger charge is 2.43. The van der Waals surface area contributed by atoms with Crippen LogP contribution in [0.3, 0.4) is 0 Å². The first-order valence-electron chi connectivity index (χ1n) is 14.6. The van der Waals surface area contributed by atoms with Crippen LogP contribution in [0.5, 0.6) is 0 Å². The van der Waals surface area contributed by atoms with Crippen molar-refractivity contribution < 1.29 is 27.9 Å². The highest BCUT2D eigenvalue weighted by atomic mass is 19.1. The molecule has 0 spiro atoms. The van der Waals surface area contributed by atoms with E-state index in [-0.39, 0.29) is 35.0 Å². The number of aromatic nitrogens is 4. The van der Waals surface area contributed by atoms with Crippen molar-refractivity contribution >= 4 is 23.5 Å². The zero-order valence-electron chi connectivity index (χ0n) is 25.1. The van der Waals surface area contributed by atoms with Crippen LogP contribution in [0.25, 0.3) is 11.4 Å². The first kappa shape index (κ1) is 31.2. The summed E-state index contributed by atoms with van der Waals surface area (Å²) in [4.78, 5) is 56.5. The summed E-state index contributed by atoms with van der Waals surface area (Å²) in [5.74, 6) is -1.79. The van der Waals surface area contributed by atoms with Gasteiger partial charge in [-0.2, -0.15) is 0 Å². The van der Waals surface area contributed by atoms with Crippen LogP contribution < -0.4 is 16.2 Å². The molecule has 0 bridgehead atoms. The minimum atomic E-state index is -1.06. The molecule has 234 valence electrons. The lowest BCUT2D eigenvalue weighted by Crippen LogP contribution is -2.46. The number of carbonyl (C=O) groups is 3. The zero-order chi connectivity index (χ0) is 32.1. The molecule has 0 radical (unpaired) electrons. The molecule has 5 rings (SSSR count). The number of nitrogens with zero attached hydrogens (tertiary/aromatic N) is 4. The van der Waals surface area contributed by atoms with Crippen molar-refractivity contribution in [2.24, 2.45) is 5.92 Å². The van der Waals surface area contributed by atoms with Gasteiger partial charge in [-0.3, -0.25) is 24.3 Å². The van der Waals surface area contributed by atoms with Crippen LogP contribution in [-0.2, 0) is 21.5 Å². The van der Waals surface area contributed by atoms with Crippen molar-refractivity contribution in [1.29, 1.82) is 0 Å². The summed E-state index contributed by atoms with van der Waals surface area (Å²) in [6.45, 7) is 2.99. The van der Waals surface area contributed by atoms with Gasteiger partial charge in [-0.15, -0.1) is 10.2 Å². The van der Waals surface area contributed by atoms with Gasteiger partial charge in [0.1, 0.15) is 23.9 Å². The SMILES string of the molecule is COC(=O)Nc1cnc(-c2ccccc2)n(CC(=O)N[C@H](C(=O)c2nnc(C3(c4ccc(F)cc4)CCCC3)o2)C(C)C)c1=O. The monoisotopic (exact) mass is 616 g/mol. The molecule has 2 heterocycles. The Hall–Kier alpha value is -5.20. The van der Waals surface area contributed by atoms with Gasteiger partial charge in [-0.25, -0.2) is 14.2 Å². The number of benzene rings is 2. The molecule has 2 N–H and O–H groups in total. The van der Waals surface area contributed by atoms with Crippen LogP contribution in [0.4, 0.5) is 14.9 Å². The van der Waals surface area contributed by atoms with Crippen molar-refractivity contribution in [3.8, 4) is 11.4 Å². The first-order valence-corrected chi connectivity index (χ1v) is 14.6. The molecular weight excluding hydrogens is 583 g/mol. The number of carbonyl (C=O) groups excluding carboxylic acids is 3. The van der Waals surface area contributed by atoms with E-state index in [0.29, 0.717) is 18.4 Å². The maximum absolute atomic E-state index is 13.7. The topological polar surface area (TPSA) is 158 Å². The van der Waals surface area contributed by atoms with E-state index in [1.165, 1.54) is 18.3 Å². The third kappa shape index (κ3) is 6.52. The van der Waals surface area contributed by atoms with Gasteiger partial charge in [0.15, 0.2) is 0 Å². The average molecular weight is 617 g/mol. The van der Waals surface area contributed by atoms with E-state index in [1.807, 2.05) is 0 Å². The van der Waals surface area contributed by atoms with Crippen molar-refractivity contribution in [3.05, 3.63) is 94.3 Å². The fraction of sp³-hybridized carbons (Fsp3) is 0.344. The summed E-state index contributed by atoms with van der Waals surface area (Å²) in [7, 11) is 1.15. The second-order valence-corrected chi connectivity index (χ2v) is 11.2. The Labute approximate surface area is 258 Å². The lowest BCUT2D eigenvalue weighted by molar-refractivity contribution is -0.122. The van der Waals surface area contributed by atoms with E-state index in [4.69, 9.17) is 4.42 Å². The molecule has 2 amide bonds. The Morgan fingerprint density at radius 1 is 1.04 bits per heavy atom. The molecule has 2 aromatic heterocycles. The molecule has 13 heteroatoms. The fourth-order valence-electron chi connectivity index (χ4n) is 5.62. The molecule has 12 nitrogen and oxygen atoms in total. The molecule has 4 aromatic rings. The second kappa shape index (κ2) is 13.2. The summed E-state index contributed by atoms with van der Waals surface area (Å²) in [6, 6.07) is 13.8. The van der Waals surface area contributed by atoms with Gasteiger partial charge in [-0.05, 0) is 36.5 Å². The predicted octanol–water partition coefficient (Wildman–Crippen LogP) is 4.49. The lowest BCUT2D eigenvalue weighted by atomic mass is 9.79. The quantitative estimate of drug-likeness (QED) is 0.245. The number of methoxy groups -OCH3 is 1. The van der Waals surface area contributed by atoms with Gasteiger partial charge in [-0.1, -0.05) is 69.2 Å². The van der Waals surface area contributed by atoms with Gasteiger partial charge >= 0.3 is 6.09 Å². The van der Waals surface area contributed by atoms with Crippen LogP contribution in [0.15, 0.2) is 70.0 Å². The molecule has 45 heavy (non-hydrogen) atoms. The molecule has 0 aliphatic heterocycles. The third-order valence-electron chi connectivity index (χ3n) is 7.97. The van der Waals surface area contributed by atoms with Gasteiger partial charge in [0.2, 0.25) is 17.6 Å². The van der Waals surface area contributed by atoms with Gasteiger partial charge in [0.25, 0.3) is 11.4 Å². The number of Topliss-reactive ketones (excluding diaryl/α,β-unsaturated/α-hetero) is 1. The number of hydrogen-bond acceptors (Lipinski definition) is 9. The number of hydrogen-bond donors (Lipinski definition) is 2. The molecule has 1 saturated carbocycles. The van der Waals surface area contributed by atoms with Crippen LogP contribution >= 0.6 is 0 Å². The third-order valence-corrected chi connectivity index (χ3v) is 7.97. The summed E-state index contributed by atoms with van der Waals surface area (Å²) < 4.78 is 25.3. The Bertz CT molecular complexity index is 1750. The minimum Gasteiger partial charge on any atom is -0.453 e. The second-order valence-electron chi connectivity index (χ2n) is 11.2. The van der Waals surface area contributed by atoms with Crippen molar-refractivity contribution in [1.82, 2.24) is 25.1 Å². The number of halogens is 1. The van der Waals surface area contributed by atoms with Crippen LogP contribution in [0, 0.1) is 11.7 Å². The van der Waals surface area contributed by atoms with E-state index >= 15 is 0 Å². The summed E-state index contributed by atoms with van der Waals surface area (Å²) in [6.07, 6.45) is 3.53. The molecule has 2 aromatic carbocycles. The molecule has 1 atom stereocenters. The molecular formula is C32H33FN6O6. The normalized spacial score (nSPS) is 14.6. The Balaban J connectivity index is 1.40. The van der Waals surface area contributed by atoms with Gasteiger partial charge in [0.05, 0.1) is 24.8 Å². The van der Waals surface area contributed by atoms with Crippen molar-refractivity contribution in [2.75, 3.05) is 12.4 Å². The smallest absolute Gasteiger partial charge is 0.411 e. The highest BCUT2D eigenvalue weighted by molar-refractivity contribution is 5.98. The highest BCUT2D eigenvalue weighted by Crippen LogP contribution is 2.45. The largest absolute Gasteiger partial charge is 0.453 e. The van der Waals surface area contributed by atoms with E-state index < -0.39 is 41.3 Å². The Morgan fingerprint density at radius 2 is 1.73 bits per heavy atom. The van der Waals surface area contributed by atoms with E-state index in [9.17, 15) is 23.6 Å². The van der Waals surface area contributed by atoms with Gasteiger partial charge < -0.3 is 14.5 Å². The number of ketones is 1. The lowest BCUT2D eigenvalue weighted by Gasteiger charge is -2.25. The van der Waals surface area contributed by atoms with Crippen LogP contribution in [-0.4, -0.2) is 50.7 Å². The number of rotatable bonds is 10. The number of nitrogens with one attached hydrogen (secondary N) is 2. The van der Waals surface area contributed by atoms with Gasteiger partial charge in [0, 0.05) is 5.56 Å². The molecule has 0 unspecified atom stereocenters. The Kier molecular flexibility index (Phi) is 9.16. The molecule has 1 fully saturated rings. The average Bonchev–Trinajstić information content (AvgIpc) is 3.74. The van der Waals surface area contributed by atoms with E-state index in [0.717, 1.165) is 30.1 Å². The summed E-state index contributed by atoms with van der Waals surface area (Å²) in [5.41, 5.74) is -0.132. The van der Waals surface area contributed by atoms with E-state index in [2.05, 4.69) is 30.6 Å². The van der Waals surface area contributed by atoms with Crippen molar-refractivity contribution in [2.45, 2.75) is 57.5 Å². The number of amides is 2. The van der Waals surface area contributed by atoms with E-state index in [1.54, 1.807) is 56.3 Å². The number of anilines is 1. The first-order chi connectivity index (χ1) is 21.6. The maximum atomic E-state index is 13.7. The van der Waals surface area contributed by atoms with Crippen molar-refractivity contribution in [3.63, 3.8) is 0 Å². The summed E-state index contributed by atoms with van der Waals surface area (Å²) >= 11 is 0. The van der Waals surface area contributed by atoms with Crippen LogP contribution in [0.1, 0.15) is 61.7 Å². The standard InChI is InChI=1S/C32H33FN6O6/c1-19(2)25(26(41)28-37-38-30(45-28)32(15-7-8-16-32)21-11-13-22(33)14-12-21)36-24(40)18-39-27(20-9-5-4-6-10-20)34-17-23(29(39)42)35-31(43)44-3/h4-6,9-14,17,19,25H,7-8,15-16,18H2,1-3H3,(H,35,43)(H,36,40)/t25-/m0/s1. The fourth-order valence-corrected chi connectivity index (χ4v) is 5.62. The number of ether oxygens (including phenoxy) is 1. The molecule has 0 saturated heterocycles. The predicted molar refractivity (Wildman–Crippen MR) is 161 cm³/mol. The zero-order valence-corrected chi connectivity index (χ0v) is 25.1. The minimum absolute atomic E-state index is 0.183. The summed E-state index contributed by atoms with van der Waals surface area (Å²) in [5, 5.41) is 13.3. The maximum Gasteiger partial charge on any atom is 0.411 e. The Morgan fingerprint density at radius 3 is 2.38 bits per heavy atom. The molecule has 1 aliphatic carbocycles.